The van der Waals surface area contributed by atoms with Gasteiger partial charge in [0.15, 0.2) is 0 Å². The number of hydrogen-bond donors (Lipinski definition) is 5. The maximum Gasteiger partial charge on any atom is 0.134 e. The molecule has 0 aromatic rings. The van der Waals surface area contributed by atoms with E-state index in [0.717, 1.165) is 0 Å². The largest absolute Gasteiger partial charge is 0.389 e. The van der Waals surface area contributed by atoms with Crippen molar-refractivity contribution in [2.24, 2.45) is 0 Å². The van der Waals surface area contributed by atoms with Crippen molar-refractivity contribution < 1.29 is 20.4 Å². The molecule has 1 saturated heterocycles. The minimum Gasteiger partial charge on any atom is -0.389 e. The molecule has 0 aromatic heterocycles. The predicted octanol–water partition coefficient (Wildman–Crippen LogP) is -2.62. The molecule has 0 unspecified atom stereocenters. The molecule has 5 heteroatoms. The molecule has 5 N–H and O–H groups in total. The number of rotatable bonds is 0. The first-order chi connectivity index (χ1) is 5.04. The van der Waals surface area contributed by atoms with Crippen molar-refractivity contribution >= 4 is 0 Å². The van der Waals surface area contributed by atoms with Crippen LogP contribution in [0.2, 0.25) is 0 Å². The van der Waals surface area contributed by atoms with E-state index in [1.165, 1.54) is 0 Å². The molecule has 0 amide bonds. The van der Waals surface area contributed by atoms with Crippen LogP contribution in [0.4, 0.5) is 0 Å². The molecular weight excluding hydrogens is 150 g/mol. The van der Waals surface area contributed by atoms with Crippen molar-refractivity contribution in [3.63, 3.8) is 0 Å². The zero-order valence-electron chi connectivity index (χ0n) is 6.18. The van der Waals surface area contributed by atoms with Crippen molar-refractivity contribution in [3.05, 3.63) is 0 Å². The average molecular weight is 163 g/mol. The zero-order chi connectivity index (χ0) is 8.59. The highest BCUT2D eigenvalue weighted by Gasteiger charge is 2.39. The van der Waals surface area contributed by atoms with Crippen LogP contribution in [-0.4, -0.2) is 51.0 Å². The third-order valence-electron chi connectivity index (χ3n) is 1.97. The average Bonchev–Trinajstić information content (AvgIpc) is 1.97. The lowest BCUT2D eigenvalue weighted by Gasteiger charge is -2.37. The van der Waals surface area contributed by atoms with Crippen LogP contribution in [-0.2, 0) is 0 Å². The maximum absolute atomic E-state index is 9.15. The molecule has 0 radical (unpaired) electrons. The van der Waals surface area contributed by atoms with Gasteiger partial charge >= 0.3 is 0 Å². The van der Waals surface area contributed by atoms with Crippen molar-refractivity contribution in [3.8, 4) is 0 Å². The topological polar surface area (TPSA) is 93.0 Å². The van der Waals surface area contributed by atoms with Crippen molar-refractivity contribution in [2.75, 3.05) is 0 Å². The summed E-state index contributed by atoms with van der Waals surface area (Å²) in [6, 6.07) is -0.414. The van der Waals surface area contributed by atoms with Crippen LogP contribution in [0.1, 0.15) is 6.92 Å². The molecule has 5 nitrogen and oxygen atoms in total. The van der Waals surface area contributed by atoms with E-state index < -0.39 is 30.6 Å². The quantitative estimate of drug-likeness (QED) is 0.269. The Labute approximate surface area is 64.3 Å². The highest BCUT2D eigenvalue weighted by atomic mass is 16.4. The fraction of sp³-hybridized carbons (Fsp3) is 1.00. The van der Waals surface area contributed by atoms with E-state index in [4.69, 9.17) is 20.4 Å². The molecule has 0 bridgehead atoms. The van der Waals surface area contributed by atoms with E-state index in [1.54, 1.807) is 6.92 Å². The molecule has 66 valence electrons. The van der Waals surface area contributed by atoms with E-state index in [1.807, 2.05) is 0 Å². The van der Waals surface area contributed by atoms with Crippen LogP contribution in [0.25, 0.3) is 0 Å². The summed E-state index contributed by atoms with van der Waals surface area (Å²) in [5.41, 5.74) is 0. The van der Waals surface area contributed by atoms with Gasteiger partial charge < -0.3 is 20.4 Å². The molecule has 11 heavy (non-hydrogen) atoms. The minimum atomic E-state index is -1.32. The van der Waals surface area contributed by atoms with Gasteiger partial charge in [0.25, 0.3) is 0 Å². The lowest BCUT2D eigenvalue weighted by atomic mass is 9.96. The van der Waals surface area contributed by atoms with Gasteiger partial charge in [-0.15, -0.1) is 0 Å². The van der Waals surface area contributed by atoms with Crippen molar-refractivity contribution in [1.29, 1.82) is 0 Å². The molecule has 1 fully saturated rings. The molecule has 1 heterocycles. The van der Waals surface area contributed by atoms with Gasteiger partial charge in [0.2, 0.25) is 0 Å². The fourth-order valence-electron chi connectivity index (χ4n) is 1.15. The summed E-state index contributed by atoms with van der Waals surface area (Å²) in [5, 5.41) is 38.8. The first kappa shape index (κ1) is 8.89. The predicted molar refractivity (Wildman–Crippen MR) is 36.6 cm³/mol. The number of hydrogen-bond acceptors (Lipinski definition) is 5. The Morgan fingerprint density at radius 2 is 1.45 bits per heavy atom. The molecule has 1 rings (SSSR count). The van der Waals surface area contributed by atoms with Gasteiger partial charge in [-0.2, -0.15) is 0 Å². The molecule has 1 aliphatic rings. The van der Waals surface area contributed by atoms with Crippen LogP contribution < -0.4 is 5.32 Å². The van der Waals surface area contributed by atoms with Crippen LogP contribution in [0.15, 0.2) is 0 Å². The Kier molecular flexibility index (Phi) is 2.46. The summed E-state index contributed by atoms with van der Waals surface area (Å²) in [5.74, 6) is 0. The van der Waals surface area contributed by atoms with Gasteiger partial charge in [0.05, 0.1) is 6.10 Å². The van der Waals surface area contributed by atoms with E-state index in [-0.39, 0.29) is 0 Å². The maximum atomic E-state index is 9.15. The number of nitrogens with one attached hydrogen (secondary N) is 1. The Hall–Kier alpha value is -0.200. The second-order valence-electron chi connectivity index (χ2n) is 2.87. The Balaban J connectivity index is 2.63. The van der Waals surface area contributed by atoms with Crippen LogP contribution in [0.5, 0.6) is 0 Å². The number of aliphatic hydroxyl groups excluding tert-OH is 4. The van der Waals surface area contributed by atoms with Crippen molar-refractivity contribution in [2.45, 2.75) is 37.5 Å². The third-order valence-corrected chi connectivity index (χ3v) is 1.97. The Morgan fingerprint density at radius 3 is 2.00 bits per heavy atom. The normalized spacial score (nSPS) is 52.6. The lowest BCUT2D eigenvalue weighted by Crippen LogP contribution is -2.63. The van der Waals surface area contributed by atoms with E-state index in [0.29, 0.717) is 0 Å². The number of piperidine rings is 1. The highest BCUT2D eigenvalue weighted by Crippen LogP contribution is 2.13. The monoisotopic (exact) mass is 163 g/mol. The van der Waals surface area contributed by atoms with Crippen LogP contribution >= 0.6 is 0 Å². The Bertz CT molecular complexity index is 129. The minimum absolute atomic E-state index is 0.414. The summed E-state index contributed by atoms with van der Waals surface area (Å²) in [6.07, 6.45) is -4.79. The second-order valence-corrected chi connectivity index (χ2v) is 2.87. The van der Waals surface area contributed by atoms with Gasteiger partial charge in [-0.1, -0.05) is 0 Å². The van der Waals surface area contributed by atoms with Gasteiger partial charge in [-0.05, 0) is 6.92 Å². The first-order valence-electron chi connectivity index (χ1n) is 3.52. The lowest BCUT2D eigenvalue weighted by molar-refractivity contribution is -0.154. The summed E-state index contributed by atoms with van der Waals surface area (Å²) >= 11 is 0. The van der Waals surface area contributed by atoms with E-state index in [2.05, 4.69) is 5.32 Å². The highest BCUT2D eigenvalue weighted by molar-refractivity contribution is 4.91. The fourth-order valence-corrected chi connectivity index (χ4v) is 1.15. The second kappa shape index (κ2) is 3.04. The smallest absolute Gasteiger partial charge is 0.134 e. The molecule has 5 atom stereocenters. The molecule has 1 aliphatic heterocycles. The third kappa shape index (κ3) is 1.52. The SMILES string of the molecule is C[C@H]1N[C@@H](O)[C@H](O)[C@@H](O)[C@H]1O. The molecule has 0 aromatic carbocycles. The summed E-state index contributed by atoms with van der Waals surface area (Å²) < 4.78 is 0. The van der Waals surface area contributed by atoms with Gasteiger partial charge in [-0.3, -0.25) is 5.32 Å². The summed E-state index contributed by atoms with van der Waals surface area (Å²) in [6.45, 7) is 1.61. The summed E-state index contributed by atoms with van der Waals surface area (Å²) in [7, 11) is 0. The summed E-state index contributed by atoms with van der Waals surface area (Å²) in [4.78, 5) is 0. The number of aliphatic hydroxyl groups is 4. The van der Waals surface area contributed by atoms with Gasteiger partial charge in [-0.25, -0.2) is 0 Å². The Morgan fingerprint density at radius 1 is 0.909 bits per heavy atom. The molecule has 0 saturated carbocycles. The molecule has 0 spiro atoms. The standard InChI is InChI=1S/C6H13NO4/c1-2-3(8)4(9)5(10)6(11)7-2/h2-11H,1H3/t2-,3+,4+,5-,6+/m1/s1. The van der Waals surface area contributed by atoms with Gasteiger partial charge in [0.1, 0.15) is 18.4 Å². The van der Waals surface area contributed by atoms with E-state index in [9.17, 15) is 0 Å². The van der Waals surface area contributed by atoms with Gasteiger partial charge in [0, 0.05) is 6.04 Å². The molecule has 0 aliphatic carbocycles. The van der Waals surface area contributed by atoms with Crippen LogP contribution in [0.3, 0.4) is 0 Å². The zero-order valence-corrected chi connectivity index (χ0v) is 6.18. The van der Waals surface area contributed by atoms with E-state index >= 15 is 0 Å². The van der Waals surface area contributed by atoms with Crippen molar-refractivity contribution in [1.82, 2.24) is 5.32 Å². The first-order valence-corrected chi connectivity index (χ1v) is 3.52. The van der Waals surface area contributed by atoms with Crippen LogP contribution in [0, 0.1) is 0 Å². The molecular formula is C6H13NO4.